The summed E-state index contributed by atoms with van der Waals surface area (Å²) in [5, 5.41) is 0. The number of hydrogen-bond acceptors (Lipinski definition) is 3. The van der Waals surface area contributed by atoms with Crippen molar-refractivity contribution in [3.05, 3.63) is 0 Å². The highest BCUT2D eigenvalue weighted by molar-refractivity contribution is 4.95. The Labute approximate surface area is 93.0 Å². The average molecular weight is 212 g/mol. The van der Waals surface area contributed by atoms with Gasteiger partial charge in [0.2, 0.25) is 0 Å². The summed E-state index contributed by atoms with van der Waals surface area (Å²) in [4.78, 5) is 2.56. The van der Waals surface area contributed by atoms with Crippen LogP contribution < -0.4 is 5.73 Å². The fourth-order valence-electron chi connectivity index (χ4n) is 3.19. The molecular weight excluding hydrogens is 188 g/mol. The molecule has 88 valence electrons. The van der Waals surface area contributed by atoms with Gasteiger partial charge in [0.25, 0.3) is 0 Å². The minimum atomic E-state index is 0.252. The van der Waals surface area contributed by atoms with Gasteiger partial charge in [0, 0.05) is 24.7 Å². The summed E-state index contributed by atoms with van der Waals surface area (Å²) in [7, 11) is 2.27. The summed E-state index contributed by atoms with van der Waals surface area (Å²) in [6.07, 6.45) is 5.31. The van der Waals surface area contributed by atoms with Crippen LogP contribution in [0.3, 0.4) is 0 Å². The van der Waals surface area contributed by atoms with E-state index in [4.69, 9.17) is 10.5 Å². The first-order valence-corrected chi connectivity index (χ1v) is 6.27. The predicted molar refractivity (Wildman–Crippen MR) is 61.8 cm³/mol. The number of nitrogens with zero attached hydrogens (tertiary/aromatic N) is 1. The van der Waals surface area contributed by atoms with Crippen molar-refractivity contribution in [2.24, 2.45) is 11.7 Å². The van der Waals surface area contributed by atoms with Crippen molar-refractivity contribution in [3.63, 3.8) is 0 Å². The summed E-state index contributed by atoms with van der Waals surface area (Å²) in [6, 6.07) is 1.84. The van der Waals surface area contributed by atoms with Crippen LogP contribution in [0.5, 0.6) is 0 Å². The second kappa shape index (κ2) is 4.81. The number of piperidine rings is 1. The Kier molecular flexibility index (Phi) is 3.65. The molecule has 0 spiro atoms. The number of rotatable bonds is 4. The molecule has 3 atom stereocenters. The van der Waals surface area contributed by atoms with Crippen molar-refractivity contribution >= 4 is 0 Å². The maximum atomic E-state index is 6.19. The van der Waals surface area contributed by atoms with Crippen molar-refractivity contribution < 1.29 is 4.74 Å². The molecule has 0 aromatic rings. The van der Waals surface area contributed by atoms with Crippen LogP contribution in [0.2, 0.25) is 0 Å². The van der Waals surface area contributed by atoms with Crippen LogP contribution >= 0.6 is 0 Å². The second-order valence-electron chi connectivity index (χ2n) is 5.11. The molecule has 2 N–H and O–H groups in total. The van der Waals surface area contributed by atoms with E-state index in [-0.39, 0.29) is 6.04 Å². The third-order valence-corrected chi connectivity index (χ3v) is 4.25. The molecule has 0 amide bonds. The average Bonchev–Trinajstić information content (AvgIpc) is 2.49. The second-order valence-corrected chi connectivity index (χ2v) is 5.11. The fourth-order valence-corrected chi connectivity index (χ4v) is 3.19. The van der Waals surface area contributed by atoms with Gasteiger partial charge in [-0.15, -0.1) is 0 Å². The minimum absolute atomic E-state index is 0.252. The standard InChI is InChI=1S/C12H24N2O/c1-3-15-8-12(13)9-6-10-4-5-11(7-9)14(10)2/h9-12H,3-8,13H2,1-2H3. The molecule has 2 bridgehead atoms. The molecule has 0 aromatic carbocycles. The van der Waals surface area contributed by atoms with E-state index in [9.17, 15) is 0 Å². The van der Waals surface area contributed by atoms with Crippen molar-refractivity contribution in [1.29, 1.82) is 0 Å². The smallest absolute Gasteiger partial charge is 0.0620 e. The van der Waals surface area contributed by atoms with Crippen LogP contribution in [0, 0.1) is 5.92 Å². The fraction of sp³-hybridized carbons (Fsp3) is 1.00. The Balaban J connectivity index is 1.85. The van der Waals surface area contributed by atoms with E-state index in [1.54, 1.807) is 0 Å². The molecular formula is C12H24N2O. The number of hydrogen-bond donors (Lipinski definition) is 1. The maximum Gasteiger partial charge on any atom is 0.0620 e. The van der Waals surface area contributed by atoms with Gasteiger partial charge in [-0.3, -0.25) is 0 Å². The number of ether oxygens (including phenoxy) is 1. The van der Waals surface area contributed by atoms with Gasteiger partial charge in [-0.1, -0.05) is 0 Å². The Morgan fingerprint density at radius 3 is 2.47 bits per heavy atom. The largest absolute Gasteiger partial charge is 0.380 e. The van der Waals surface area contributed by atoms with E-state index in [0.717, 1.165) is 25.3 Å². The highest BCUT2D eigenvalue weighted by Crippen LogP contribution is 2.38. The van der Waals surface area contributed by atoms with E-state index >= 15 is 0 Å². The highest BCUT2D eigenvalue weighted by atomic mass is 16.5. The van der Waals surface area contributed by atoms with Crippen LogP contribution in [0.25, 0.3) is 0 Å². The quantitative estimate of drug-likeness (QED) is 0.761. The summed E-state index contributed by atoms with van der Waals surface area (Å²) >= 11 is 0. The molecule has 0 aliphatic carbocycles. The number of fused-ring (bicyclic) bond motifs is 2. The molecule has 2 fully saturated rings. The normalized spacial score (nSPS) is 38.2. The SMILES string of the molecule is CCOCC(N)C1CC2CCC(C1)N2C. The van der Waals surface area contributed by atoms with Crippen molar-refractivity contribution in [2.45, 2.75) is 50.7 Å². The first-order valence-electron chi connectivity index (χ1n) is 6.27. The highest BCUT2D eigenvalue weighted by Gasteiger charge is 2.40. The lowest BCUT2D eigenvalue weighted by molar-refractivity contribution is 0.0737. The van der Waals surface area contributed by atoms with Crippen LogP contribution in [0.15, 0.2) is 0 Å². The van der Waals surface area contributed by atoms with E-state index in [1.165, 1.54) is 25.7 Å². The molecule has 15 heavy (non-hydrogen) atoms. The van der Waals surface area contributed by atoms with Gasteiger partial charge >= 0.3 is 0 Å². The molecule has 2 aliphatic rings. The molecule has 2 aliphatic heterocycles. The maximum absolute atomic E-state index is 6.19. The van der Waals surface area contributed by atoms with E-state index < -0.39 is 0 Å². The van der Waals surface area contributed by atoms with Gasteiger partial charge < -0.3 is 15.4 Å². The summed E-state index contributed by atoms with van der Waals surface area (Å²) in [5.41, 5.74) is 6.19. The Hall–Kier alpha value is -0.120. The molecule has 3 unspecified atom stereocenters. The zero-order valence-corrected chi connectivity index (χ0v) is 9.98. The molecule has 2 saturated heterocycles. The van der Waals surface area contributed by atoms with Gasteiger partial charge in [0.1, 0.15) is 0 Å². The zero-order valence-electron chi connectivity index (χ0n) is 9.98. The zero-order chi connectivity index (χ0) is 10.8. The Bertz CT molecular complexity index is 196. The molecule has 0 aromatic heterocycles. The van der Waals surface area contributed by atoms with Crippen molar-refractivity contribution in [2.75, 3.05) is 20.3 Å². The van der Waals surface area contributed by atoms with Gasteiger partial charge in [-0.2, -0.15) is 0 Å². The lowest BCUT2D eigenvalue weighted by Crippen LogP contribution is -2.46. The molecule has 2 rings (SSSR count). The molecule has 2 heterocycles. The van der Waals surface area contributed by atoms with Gasteiger partial charge in [0.15, 0.2) is 0 Å². The van der Waals surface area contributed by atoms with Crippen LogP contribution in [0.1, 0.15) is 32.6 Å². The third kappa shape index (κ3) is 2.35. The van der Waals surface area contributed by atoms with Crippen molar-refractivity contribution in [1.82, 2.24) is 4.90 Å². The monoisotopic (exact) mass is 212 g/mol. The molecule has 0 saturated carbocycles. The molecule has 3 nitrogen and oxygen atoms in total. The van der Waals surface area contributed by atoms with E-state index in [2.05, 4.69) is 11.9 Å². The van der Waals surface area contributed by atoms with E-state index in [0.29, 0.717) is 5.92 Å². The predicted octanol–water partition coefficient (Wildman–Crippen LogP) is 1.22. The lowest BCUT2D eigenvalue weighted by atomic mass is 9.86. The number of nitrogens with two attached hydrogens (primary N) is 1. The Morgan fingerprint density at radius 1 is 1.33 bits per heavy atom. The first-order chi connectivity index (χ1) is 7.22. The van der Waals surface area contributed by atoms with E-state index in [1.807, 2.05) is 6.92 Å². The lowest BCUT2D eigenvalue weighted by Gasteiger charge is -2.38. The van der Waals surface area contributed by atoms with Crippen LogP contribution in [-0.2, 0) is 4.74 Å². The summed E-state index contributed by atoms with van der Waals surface area (Å²) in [6.45, 7) is 3.56. The topological polar surface area (TPSA) is 38.5 Å². The van der Waals surface area contributed by atoms with Crippen LogP contribution in [-0.4, -0.2) is 43.3 Å². The summed E-state index contributed by atoms with van der Waals surface area (Å²) < 4.78 is 5.43. The van der Waals surface area contributed by atoms with Gasteiger partial charge in [-0.25, -0.2) is 0 Å². The Morgan fingerprint density at radius 2 is 1.93 bits per heavy atom. The molecule has 3 heteroatoms. The minimum Gasteiger partial charge on any atom is -0.380 e. The molecule has 0 radical (unpaired) electrons. The van der Waals surface area contributed by atoms with Crippen LogP contribution in [0.4, 0.5) is 0 Å². The van der Waals surface area contributed by atoms with Gasteiger partial charge in [0.05, 0.1) is 6.61 Å². The van der Waals surface area contributed by atoms with Crippen molar-refractivity contribution in [3.8, 4) is 0 Å². The summed E-state index contributed by atoms with van der Waals surface area (Å²) in [5.74, 6) is 0.685. The first kappa shape index (κ1) is 11.4. The van der Waals surface area contributed by atoms with Gasteiger partial charge in [-0.05, 0) is 45.6 Å². The third-order valence-electron chi connectivity index (χ3n) is 4.25.